The molecule has 3 N–H and O–H groups in total. The molecule has 3 aromatic rings. The molecule has 260 valence electrons. The number of aromatic hydroxyl groups is 1. The number of allylic oxidation sites excluding steroid dienone is 1. The van der Waals surface area contributed by atoms with Crippen molar-refractivity contribution < 1.29 is 56.0 Å². The number of fused-ring (bicyclic) bond motifs is 1. The minimum Gasteiger partial charge on any atom is -0.508 e. The first-order chi connectivity index (χ1) is 23.1. The Morgan fingerprint density at radius 3 is 2.10 bits per heavy atom. The average molecular weight is 690 g/mol. The maximum Gasteiger partial charge on any atom is 0.416 e. The Morgan fingerprint density at radius 2 is 1.55 bits per heavy atom. The number of ether oxygens (including phenoxy) is 1. The van der Waals surface area contributed by atoms with Crippen molar-refractivity contribution in [3.63, 3.8) is 0 Å². The van der Waals surface area contributed by atoms with Crippen molar-refractivity contribution in [3.8, 4) is 5.75 Å². The van der Waals surface area contributed by atoms with E-state index in [9.17, 15) is 51.3 Å². The van der Waals surface area contributed by atoms with Crippen LogP contribution in [0.4, 0.5) is 32.0 Å². The Morgan fingerprint density at radius 1 is 0.939 bits per heavy atom. The van der Waals surface area contributed by atoms with Crippen molar-refractivity contribution in [2.24, 2.45) is 17.8 Å². The van der Waals surface area contributed by atoms with Crippen LogP contribution in [-0.4, -0.2) is 53.6 Å². The molecule has 0 saturated carbocycles. The molecule has 2 aliphatic rings. The monoisotopic (exact) mass is 689 g/mol. The molecule has 0 bridgehead atoms. The standard InChI is InChI=1S/C36H33F6NO6/c1-49-19-23-14-28-32(34(48)43(33(28)47)26-16-24(35(37,38)39)15-25(17-26)36(40,41)42)29(18-44)31(23)30(46)12-9-22(21-5-3-2-4-6-21)13-20-7-10-27(45)11-8-20/h2-8,10-11,13,15-17,28-30,32,44-46H,9,12,14,18-19H2,1H3/b22-13-/t28-,29+,30-,32-/m1/s1. The number of halogens is 6. The van der Waals surface area contributed by atoms with Gasteiger partial charge in [-0.1, -0.05) is 48.5 Å². The van der Waals surface area contributed by atoms with Crippen LogP contribution in [0.3, 0.4) is 0 Å². The smallest absolute Gasteiger partial charge is 0.416 e. The van der Waals surface area contributed by atoms with Crippen molar-refractivity contribution in [1.29, 1.82) is 0 Å². The average Bonchev–Trinajstić information content (AvgIpc) is 3.31. The summed E-state index contributed by atoms with van der Waals surface area (Å²) in [6.07, 6.45) is -9.58. The summed E-state index contributed by atoms with van der Waals surface area (Å²) >= 11 is 0. The second-order valence-corrected chi connectivity index (χ2v) is 12.1. The zero-order valence-corrected chi connectivity index (χ0v) is 26.1. The summed E-state index contributed by atoms with van der Waals surface area (Å²) < 4.78 is 87.1. The Kier molecular flexibility index (Phi) is 10.4. The van der Waals surface area contributed by atoms with Gasteiger partial charge in [-0.25, -0.2) is 4.90 Å². The highest BCUT2D eigenvalue weighted by Crippen LogP contribution is 2.48. The number of phenolic OH excluding ortho intramolecular Hbond substituents is 1. The lowest BCUT2D eigenvalue weighted by atomic mass is 9.68. The second-order valence-electron chi connectivity index (χ2n) is 12.1. The number of rotatable bonds is 10. The van der Waals surface area contributed by atoms with Crippen LogP contribution in [0.25, 0.3) is 11.6 Å². The zero-order valence-electron chi connectivity index (χ0n) is 26.1. The van der Waals surface area contributed by atoms with Gasteiger partial charge >= 0.3 is 12.4 Å². The van der Waals surface area contributed by atoms with E-state index in [0.29, 0.717) is 29.0 Å². The first-order valence-electron chi connectivity index (χ1n) is 15.4. The van der Waals surface area contributed by atoms with E-state index in [0.717, 1.165) is 16.7 Å². The van der Waals surface area contributed by atoms with Crippen LogP contribution in [0.15, 0.2) is 83.9 Å². The van der Waals surface area contributed by atoms with E-state index in [2.05, 4.69) is 0 Å². The molecule has 49 heavy (non-hydrogen) atoms. The van der Waals surface area contributed by atoms with Crippen molar-refractivity contribution in [1.82, 2.24) is 0 Å². The van der Waals surface area contributed by atoms with Gasteiger partial charge in [0.15, 0.2) is 0 Å². The summed E-state index contributed by atoms with van der Waals surface area (Å²) in [5.41, 5.74) is -1.17. The Bertz CT molecular complexity index is 1720. The van der Waals surface area contributed by atoms with E-state index < -0.39 is 71.4 Å². The third kappa shape index (κ3) is 7.58. The number of anilines is 1. The molecule has 0 spiro atoms. The number of hydrogen-bond acceptors (Lipinski definition) is 6. The lowest BCUT2D eigenvalue weighted by Gasteiger charge is -2.36. The van der Waals surface area contributed by atoms with Gasteiger partial charge in [0, 0.05) is 13.0 Å². The van der Waals surface area contributed by atoms with Crippen molar-refractivity contribution >= 4 is 29.2 Å². The number of carbonyl (C=O) groups excluding carboxylic acids is 2. The lowest BCUT2D eigenvalue weighted by molar-refractivity contribution is -0.143. The number of aliphatic hydroxyl groups excluding tert-OH is 2. The van der Waals surface area contributed by atoms with Crippen molar-refractivity contribution in [3.05, 3.63) is 106 Å². The molecule has 1 aliphatic heterocycles. The Balaban J connectivity index is 1.48. The second kappa shape index (κ2) is 14.2. The molecule has 0 unspecified atom stereocenters. The fourth-order valence-electron chi connectivity index (χ4n) is 6.76. The Labute approximate surface area is 277 Å². The van der Waals surface area contributed by atoms with Crippen LogP contribution in [0, 0.1) is 17.8 Å². The van der Waals surface area contributed by atoms with Gasteiger partial charge in [0.1, 0.15) is 5.75 Å². The maximum atomic E-state index is 13.8. The molecular weight excluding hydrogens is 656 g/mol. The van der Waals surface area contributed by atoms with E-state index in [1.807, 2.05) is 36.4 Å². The first kappa shape index (κ1) is 35.8. The number of benzene rings is 3. The number of amides is 2. The topological polar surface area (TPSA) is 107 Å². The van der Waals surface area contributed by atoms with E-state index >= 15 is 0 Å². The third-order valence-corrected chi connectivity index (χ3v) is 8.95. The van der Waals surface area contributed by atoms with Crippen LogP contribution in [0.2, 0.25) is 0 Å². The number of imide groups is 1. The largest absolute Gasteiger partial charge is 0.508 e. The van der Waals surface area contributed by atoms with Gasteiger partial charge in [-0.2, -0.15) is 26.3 Å². The first-order valence-corrected chi connectivity index (χ1v) is 15.4. The summed E-state index contributed by atoms with van der Waals surface area (Å²) in [6.45, 7) is -0.844. The number of hydrogen-bond donors (Lipinski definition) is 3. The molecule has 3 aromatic carbocycles. The highest BCUT2D eigenvalue weighted by molar-refractivity contribution is 6.22. The number of aliphatic hydroxyl groups is 2. The predicted molar refractivity (Wildman–Crippen MR) is 168 cm³/mol. The van der Waals surface area contributed by atoms with Crippen LogP contribution in [-0.2, 0) is 26.7 Å². The molecule has 0 radical (unpaired) electrons. The van der Waals surface area contributed by atoms with E-state index in [1.165, 1.54) is 19.2 Å². The number of alkyl halides is 6. The van der Waals surface area contributed by atoms with E-state index in [1.54, 1.807) is 12.1 Å². The normalized spacial score (nSPS) is 21.0. The quantitative estimate of drug-likeness (QED) is 0.0929. The van der Waals surface area contributed by atoms with Gasteiger partial charge in [-0.3, -0.25) is 9.59 Å². The van der Waals surface area contributed by atoms with Crippen LogP contribution < -0.4 is 4.90 Å². The number of methoxy groups -OCH3 is 1. The van der Waals surface area contributed by atoms with Gasteiger partial charge in [-0.05, 0) is 77.4 Å². The molecule has 13 heteroatoms. The number of carbonyl (C=O) groups is 2. The molecular formula is C36H33F6NO6. The molecule has 1 fully saturated rings. The molecule has 0 aromatic heterocycles. The number of nitrogens with zero attached hydrogens (tertiary/aromatic N) is 1. The summed E-state index contributed by atoms with van der Waals surface area (Å²) in [4.78, 5) is 27.8. The summed E-state index contributed by atoms with van der Waals surface area (Å²) in [6, 6.07) is 16.3. The summed E-state index contributed by atoms with van der Waals surface area (Å²) in [7, 11) is 1.36. The minimum absolute atomic E-state index is 0.0870. The maximum absolute atomic E-state index is 13.8. The van der Waals surface area contributed by atoms with Gasteiger partial charge < -0.3 is 20.1 Å². The fraction of sp³-hybridized carbons (Fsp3) is 0.333. The van der Waals surface area contributed by atoms with Gasteiger partial charge in [0.2, 0.25) is 11.8 Å². The zero-order chi connectivity index (χ0) is 35.7. The van der Waals surface area contributed by atoms with Gasteiger partial charge in [0.05, 0.1) is 48.0 Å². The van der Waals surface area contributed by atoms with Crippen molar-refractivity contribution in [2.45, 2.75) is 37.7 Å². The van der Waals surface area contributed by atoms with Crippen LogP contribution in [0.1, 0.15) is 41.5 Å². The lowest BCUT2D eigenvalue weighted by Crippen LogP contribution is -2.39. The summed E-state index contributed by atoms with van der Waals surface area (Å²) in [5.74, 6) is -5.73. The molecule has 7 nitrogen and oxygen atoms in total. The van der Waals surface area contributed by atoms with Crippen LogP contribution >= 0.6 is 0 Å². The highest BCUT2D eigenvalue weighted by Gasteiger charge is 2.55. The van der Waals surface area contributed by atoms with Crippen molar-refractivity contribution in [2.75, 3.05) is 25.2 Å². The summed E-state index contributed by atoms with van der Waals surface area (Å²) in [5, 5.41) is 31.9. The Hall–Kier alpha value is -4.46. The van der Waals surface area contributed by atoms with Gasteiger partial charge in [-0.15, -0.1) is 0 Å². The highest BCUT2D eigenvalue weighted by atomic mass is 19.4. The third-order valence-electron chi connectivity index (χ3n) is 8.95. The minimum atomic E-state index is -5.21. The molecule has 1 heterocycles. The molecule has 2 amide bonds. The van der Waals surface area contributed by atoms with E-state index in [4.69, 9.17) is 4.74 Å². The molecule has 1 aliphatic carbocycles. The molecule has 4 atom stereocenters. The SMILES string of the molecule is COCC1=C([C@H](O)CC/C(=C/c2ccc(O)cc2)c2ccccc2)[C@H](CO)[C@@H]2C(=O)N(c3cc(C(F)(F)F)cc(C(F)(F)F)c3)C(=O)[C@@H]2C1. The molecule has 5 rings (SSSR count). The van der Waals surface area contributed by atoms with Gasteiger partial charge in [0.25, 0.3) is 0 Å². The van der Waals surface area contributed by atoms with E-state index in [-0.39, 0.29) is 36.8 Å². The number of phenols is 1. The predicted octanol–water partition coefficient (Wildman–Crippen LogP) is 6.87. The fourth-order valence-corrected chi connectivity index (χ4v) is 6.76. The molecule has 1 saturated heterocycles. The van der Waals surface area contributed by atoms with Crippen LogP contribution in [0.5, 0.6) is 5.75 Å².